The minimum atomic E-state index is -3.65. The van der Waals surface area contributed by atoms with E-state index in [-0.39, 0.29) is 4.90 Å². The van der Waals surface area contributed by atoms with E-state index in [1.165, 1.54) is 18.2 Å². The largest absolute Gasteiger partial charge is 0.280 e. The minimum absolute atomic E-state index is 0.136. The van der Waals surface area contributed by atoms with Gasteiger partial charge in [0.2, 0.25) is 0 Å². The predicted molar refractivity (Wildman–Crippen MR) is 80.8 cm³/mol. The van der Waals surface area contributed by atoms with Gasteiger partial charge < -0.3 is 0 Å². The molecule has 0 aromatic heterocycles. The Bertz CT molecular complexity index is 778. The molecule has 102 valence electrons. The van der Waals surface area contributed by atoms with Crippen molar-refractivity contribution in [3.63, 3.8) is 0 Å². The Hall–Kier alpha value is -1.84. The van der Waals surface area contributed by atoms with E-state index < -0.39 is 10.0 Å². The lowest BCUT2D eigenvalue weighted by molar-refractivity contribution is 0.601. The van der Waals surface area contributed by atoms with E-state index in [0.29, 0.717) is 16.8 Å². The quantitative estimate of drug-likeness (QED) is 0.921. The standard InChI is InChI=1S/C14H11BrN2O2S/c1-10-8-14(7-2-11(10)9-16)20(18,19)17-13-5-3-12(15)4-6-13/h2-8,17H,1H3. The molecule has 2 rings (SSSR count). The molecule has 0 aliphatic rings. The second-order valence-electron chi connectivity index (χ2n) is 4.20. The Kier molecular flexibility index (Phi) is 4.12. The minimum Gasteiger partial charge on any atom is -0.280 e. The highest BCUT2D eigenvalue weighted by molar-refractivity contribution is 9.10. The van der Waals surface area contributed by atoms with E-state index in [0.717, 1.165) is 4.47 Å². The molecule has 1 N–H and O–H groups in total. The molecule has 4 nitrogen and oxygen atoms in total. The van der Waals surface area contributed by atoms with Crippen LogP contribution in [0.2, 0.25) is 0 Å². The molecule has 2 aromatic carbocycles. The normalized spacial score (nSPS) is 10.8. The SMILES string of the molecule is Cc1cc(S(=O)(=O)Nc2ccc(Br)cc2)ccc1C#N. The maximum atomic E-state index is 12.2. The molecular weight excluding hydrogens is 340 g/mol. The van der Waals surface area contributed by atoms with Gasteiger partial charge in [-0.1, -0.05) is 15.9 Å². The number of nitrogens with zero attached hydrogens (tertiary/aromatic N) is 1. The van der Waals surface area contributed by atoms with Crippen molar-refractivity contribution in [2.24, 2.45) is 0 Å². The Labute approximate surface area is 126 Å². The molecular formula is C14H11BrN2O2S. The van der Waals surface area contributed by atoms with Crippen LogP contribution in [0.3, 0.4) is 0 Å². The first-order chi connectivity index (χ1) is 9.42. The topological polar surface area (TPSA) is 70.0 Å². The summed E-state index contributed by atoms with van der Waals surface area (Å²) in [5.41, 5.74) is 1.58. The summed E-state index contributed by atoms with van der Waals surface area (Å²) in [5.74, 6) is 0. The summed E-state index contributed by atoms with van der Waals surface area (Å²) in [6, 6.07) is 13.3. The monoisotopic (exact) mass is 350 g/mol. The van der Waals surface area contributed by atoms with Crippen molar-refractivity contribution in [3.05, 3.63) is 58.1 Å². The second kappa shape index (κ2) is 5.65. The highest BCUT2D eigenvalue weighted by atomic mass is 79.9. The van der Waals surface area contributed by atoms with Gasteiger partial charge in [-0.3, -0.25) is 4.72 Å². The highest BCUT2D eigenvalue weighted by Crippen LogP contribution is 2.20. The van der Waals surface area contributed by atoms with Gasteiger partial charge in [0.05, 0.1) is 16.5 Å². The van der Waals surface area contributed by atoms with Crippen molar-refractivity contribution in [2.75, 3.05) is 4.72 Å². The van der Waals surface area contributed by atoms with Crippen LogP contribution in [-0.4, -0.2) is 8.42 Å². The zero-order valence-corrected chi connectivity index (χ0v) is 13.0. The third-order valence-corrected chi connectivity index (χ3v) is 4.63. The van der Waals surface area contributed by atoms with E-state index in [4.69, 9.17) is 5.26 Å². The molecule has 0 heterocycles. The molecule has 0 spiro atoms. The maximum absolute atomic E-state index is 12.2. The average Bonchev–Trinajstić information content (AvgIpc) is 2.41. The first kappa shape index (κ1) is 14.6. The van der Waals surface area contributed by atoms with Crippen LogP contribution >= 0.6 is 15.9 Å². The van der Waals surface area contributed by atoms with Crippen LogP contribution in [0.5, 0.6) is 0 Å². The molecule has 20 heavy (non-hydrogen) atoms. The Morgan fingerprint density at radius 1 is 1.15 bits per heavy atom. The second-order valence-corrected chi connectivity index (χ2v) is 6.80. The Morgan fingerprint density at radius 3 is 2.35 bits per heavy atom. The number of anilines is 1. The lowest BCUT2D eigenvalue weighted by Crippen LogP contribution is -2.13. The fourth-order valence-corrected chi connectivity index (χ4v) is 3.07. The van der Waals surface area contributed by atoms with Gasteiger partial charge in [-0.25, -0.2) is 8.42 Å². The van der Waals surface area contributed by atoms with Crippen molar-refractivity contribution in [3.8, 4) is 6.07 Å². The van der Waals surface area contributed by atoms with Crippen molar-refractivity contribution in [1.82, 2.24) is 0 Å². The number of rotatable bonds is 3. The zero-order chi connectivity index (χ0) is 14.8. The van der Waals surface area contributed by atoms with Crippen molar-refractivity contribution < 1.29 is 8.42 Å². The molecule has 0 fully saturated rings. The van der Waals surface area contributed by atoms with E-state index in [9.17, 15) is 8.42 Å². The first-order valence-corrected chi connectivity index (χ1v) is 7.99. The summed E-state index contributed by atoms with van der Waals surface area (Å²) in [4.78, 5) is 0.136. The molecule has 6 heteroatoms. The molecule has 0 bridgehead atoms. The van der Waals surface area contributed by atoms with Crippen LogP contribution < -0.4 is 4.72 Å². The average molecular weight is 351 g/mol. The molecule has 0 saturated carbocycles. The number of benzene rings is 2. The van der Waals surface area contributed by atoms with Gasteiger partial charge in [-0.05, 0) is 55.0 Å². The highest BCUT2D eigenvalue weighted by Gasteiger charge is 2.15. The van der Waals surface area contributed by atoms with Crippen LogP contribution in [-0.2, 0) is 10.0 Å². The van der Waals surface area contributed by atoms with Crippen LogP contribution in [0.25, 0.3) is 0 Å². The summed E-state index contributed by atoms with van der Waals surface area (Å²) in [5, 5.41) is 8.85. The first-order valence-electron chi connectivity index (χ1n) is 5.71. The lowest BCUT2D eigenvalue weighted by Gasteiger charge is -2.09. The lowest BCUT2D eigenvalue weighted by atomic mass is 10.1. The third kappa shape index (κ3) is 3.18. The van der Waals surface area contributed by atoms with E-state index in [2.05, 4.69) is 20.7 Å². The van der Waals surface area contributed by atoms with Gasteiger partial charge in [0, 0.05) is 10.2 Å². The number of hydrogen-bond acceptors (Lipinski definition) is 3. The number of nitriles is 1. The fraction of sp³-hybridized carbons (Fsp3) is 0.0714. The van der Waals surface area contributed by atoms with E-state index in [1.807, 2.05) is 6.07 Å². The van der Waals surface area contributed by atoms with Crippen LogP contribution in [0.15, 0.2) is 51.8 Å². The number of aryl methyl sites for hydroxylation is 1. The fourth-order valence-electron chi connectivity index (χ4n) is 1.66. The molecule has 2 aromatic rings. The van der Waals surface area contributed by atoms with Gasteiger partial charge in [0.15, 0.2) is 0 Å². The summed E-state index contributed by atoms with van der Waals surface area (Å²) < 4.78 is 27.8. The molecule has 0 atom stereocenters. The Morgan fingerprint density at radius 2 is 1.80 bits per heavy atom. The number of hydrogen-bond donors (Lipinski definition) is 1. The van der Waals surface area contributed by atoms with Gasteiger partial charge in [0.25, 0.3) is 10.0 Å². The molecule has 0 radical (unpaired) electrons. The summed E-state index contributed by atoms with van der Waals surface area (Å²) in [7, 11) is -3.65. The number of sulfonamides is 1. The summed E-state index contributed by atoms with van der Waals surface area (Å²) in [6.07, 6.45) is 0. The smallest absolute Gasteiger partial charge is 0.261 e. The predicted octanol–water partition coefficient (Wildman–Crippen LogP) is 3.43. The van der Waals surface area contributed by atoms with Gasteiger partial charge in [-0.15, -0.1) is 0 Å². The molecule has 0 aliphatic heterocycles. The molecule has 0 amide bonds. The van der Waals surface area contributed by atoms with Gasteiger partial charge in [-0.2, -0.15) is 5.26 Å². The van der Waals surface area contributed by atoms with Gasteiger partial charge >= 0.3 is 0 Å². The number of nitrogens with one attached hydrogen (secondary N) is 1. The summed E-state index contributed by atoms with van der Waals surface area (Å²) in [6.45, 7) is 1.71. The number of halogens is 1. The molecule has 0 saturated heterocycles. The van der Waals surface area contributed by atoms with Crippen LogP contribution in [0.1, 0.15) is 11.1 Å². The van der Waals surface area contributed by atoms with Crippen molar-refractivity contribution in [2.45, 2.75) is 11.8 Å². The van der Waals surface area contributed by atoms with Crippen LogP contribution in [0, 0.1) is 18.3 Å². The molecule has 0 unspecified atom stereocenters. The maximum Gasteiger partial charge on any atom is 0.261 e. The third-order valence-electron chi connectivity index (χ3n) is 2.73. The van der Waals surface area contributed by atoms with E-state index in [1.54, 1.807) is 31.2 Å². The van der Waals surface area contributed by atoms with Crippen LogP contribution in [0.4, 0.5) is 5.69 Å². The Balaban J connectivity index is 2.33. The van der Waals surface area contributed by atoms with Crippen molar-refractivity contribution in [1.29, 1.82) is 5.26 Å². The van der Waals surface area contributed by atoms with Gasteiger partial charge in [0.1, 0.15) is 0 Å². The summed E-state index contributed by atoms with van der Waals surface area (Å²) >= 11 is 3.29. The van der Waals surface area contributed by atoms with E-state index >= 15 is 0 Å². The molecule has 0 aliphatic carbocycles. The zero-order valence-electron chi connectivity index (χ0n) is 10.6. The van der Waals surface area contributed by atoms with Crippen molar-refractivity contribution >= 4 is 31.6 Å².